The Morgan fingerprint density at radius 2 is 1.66 bits per heavy atom. The average Bonchev–Trinajstić information content (AvgIpc) is 3.37. The number of carboxylic acid groups (broad SMARTS) is 1. The summed E-state index contributed by atoms with van der Waals surface area (Å²) in [5.74, 6) is -0.225. The number of nitrogens with zero attached hydrogens (tertiary/aromatic N) is 2. The molecule has 0 bridgehead atoms. The number of hydrogen-bond acceptors (Lipinski definition) is 6. The fraction of sp³-hybridized carbons (Fsp3) is 0.103. The molecule has 5 aromatic rings. The molecule has 0 atom stereocenters. The lowest BCUT2D eigenvalue weighted by atomic mass is 10.0. The van der Waals surface area contributed by atoms with Crippen LogP contribution in [0.1, 0.15) is 12.0 Å². The van der Waals surface area contributed by atoms with Crippen molar-refractivity contribution in [1.82, 2.24) is 9.97 Å². The minimum atomic E-state index is -0.804. The zero-order chi connectivity index (χ0) is 26.5. The molecule has 0 aliphatic heterocycles. The molecule has 0 radical (unpaired) electrons. The molecule has 38 heavy (non-hydrogen) atoms. The molecule has 0 saturated carbocycles. The number of carbonyl (C=O) groups is 2. The van der Waals surface area contributed by atoms with Gasteiger partial charge in [0.1, 0.15) is 12.1 Å². The van der Waals surface area contributed by atoms with E-state index in [0.717, 1.165) is 38.2 Å². The molecule has 8 nitrogen and oxygen atoms in total. The summed E-state index contributed by atoms with van der Waals surface area (Å²) in [5, 5.41) is 16.6. The molecule has 2 heterocycles. The summed E-state index contributed by atoms with van der Waals surface area (Å²) in [5.41, 5.74) is 6.80. The molecule has 0 aliphatic carbocycles. The Balaban J connectivity index is 1.33. The van der Waals surface area contributed by atoms with Gasteiger partial charge in [-0.3, -0.25) is 4.79 Å². The third kappa shape index (κ3) is 5.47. The van der Waals surface area contributed by atoms with Crippen molar-refractivity contribution in [2.24, 2.45) is 0 Å². The molecular formula is C29H24N4O4S. The number of hydrogen-bond donors (Lipinski definition) is 3. The summed E-state index contributed by atoms with van der Waals surface area (Å²) in [6.07, 6.45) is 2.17. The molecule has 5 rings (SSSR count). The van der Waals surface area contributed by atoms with E-state index in [1.54, 1.807) is 36.9 Å². The van der Waals surface area contributed by atoms with Gasteiger partial charge < -0.3 is 20.5 Å². The van der Waals surface area contributed by atoms with Gasteiger partial charge in [0.05, 0.1) is 28.7 Å². The first-order chi connectivity index (χ1) is 18.5. The van der Waals surface area contributed by atoms with Crippen LogP contribution in [0.5, 0.6) is 5.75 Å². The number of urea groups is 1. The van der Waals surface area contributed by atoms with Crippen LogP contribution in [-0.4, -0.2) is 34.2 Å². The highest BCUT2D eigenvalue weighted by Crippen LogP contribution is 2.37. The largest absolute Gasteiger partial charge is 0.495 e. The number of aromatic nitrogens is 2. The number of benzene rings is 3. The molecule has 2 amide bonds. The maximum absolute atomic E-state index is 12.5. The molecule has 0 saturated heterocycles. The third-order valence-corrected chi connectivity index (χ3v) is 6.99. The molecule has 190 valence electrons. The van der Waals surface area contributed by atoms with Crippen molar-refractivity contribution >= 4 is 44.9 Å². The van der Waals surface area contributed by atoms with E-state index < -0.39 is 5.97 Å². The highest BCUT2D eigenvalue weighted by molar-refractivity contribution is 7.18. The lowest BCUT2D eigenvalue weighted by Gasteiger charge is -2.11. The van der Waals surface area contributed by atoms with Crippen LogP contribution in [-0.2, 0) is 11.2 Å². The lowest BCUT2D eigenvalue weighted by molar-refractivity contribution is -0.136. The van der Waals surface area contributed by atoms with E-state index in [-0.39, 0.29) is 12.5 Å². The summed E-state index contributed by atoms with van der Waals surface area (Å²) in [6.45, 7) is 0. The Kier molecular flexibility index (Phi) is 7.28. The molecule has 9 heteroatoms. The number of methoxy groups -OCH3 is 1. The van der Waals surface area contributed by atoms with Gasteiger partial charge in [-0.25, -0.2) is 14.8 Å². The number of ether oxygens (including phenoxy) is 1. The van der Waals surface area contributed by atoms with E-state index in [4.69, 9.17) is 9.84 Å². The van der Waals surface area contributed by atoms with Crippen LogP contribution in [0.15, 0.2) is 84.5 Å². The zero-order valence-electron chi connectivity index (χ0n) is 20.5. The molecule has 0 unspecified atom stereocenters. The van der Waals surface area contributed by atoms with Crippen molar-refractivity contribution in [3.8, 4) is 28.1 Å². The predicted octanol–water partition coefficient (Wildman–Crippen LogP) is 6.70. The average molecular weight is 525 g/mol. The summed E-state index contributed by atoms with van der Waals surface area (Å²) in [6, 6.07) is 22.2. The van der Waals surface area contributed by atoms with Gasteiger partial charge in [-0.05, 0) is 41.8 Å². The van der Waals surface area contributed by atoms with Gasteiger partial charge in [-0.1, -0.05) is 48.5 Å². The number of carboxylic acids is 1. The Labute approximate surface area is 223 Å². The second-order valence-electron chi connectivity index (χ2n) is 8.50. The first-order valence-electron chi connectivity index (χ1n) is 11.9. The summed E-state index contributed by atoms with van der Waals surface area (Å²) < 4.78 is 6.24. The first-order valence-corrected chi connectivity index (χ1v) is 12.7. The number of anilines is 2. The number of rotatable bonds is 8. The Morgan fingerprint density at radius 1 is 0.921 bits per heavy atom. The van der Waals surface area contributed by atoms with E-state index in [1.165, 1.54) is 0 Å². The normalized spacial score (nSPS) is 10.8. The van der Waals surface area contributed by atoms with Crippen LogP contribution >= 0.6 is 11.3 Å². The van der Waals surface area contributed by atoms with E-state index in [1.807, 2.05) is 60.7 Å². The molecule has 2 aromatic heterocycles. The molecule has 0 aliphatic rings. The van der Waals surface area contributed by atoms with Gasteiger partial charge >= 0.3 is 12.0 Å². The SMILES string of the molecule is COc1ccccc1NC(=O)Nc1ccc(-c2ncnc3c(-c4ccc(CCC(=O)O)cc4)csc23)cc1. The minimum Gasteiger partial charge on any atom is -0.495 e. The predicted molar refractivity (Wildman–Crippen MR) is 150 cm³/mol. The summed E-state index contributed by atoms with van der Waals surface area (Å²) in [4.78, 5) is 32.4. The summed E-state index contributed by atoms with van der Waals surface area (Å²) >= 11 is 1.57. The number of amides is 2. The molecule has 0 spiro atoms. The van der Waals surface area contributed by atoms with E-state index in [0.29, 0.717) is 23.5 Å². The molecular weight excluding hydrogens is 500 g/mol. The number of aryl methyl sites for hydroxylation is 1. The van der Waals surface area contributed by atoms with Crippen molar-refractivity contribution in [1.29, 1.82) is 0 Å². The van der Waals surface area contributed by atoms with Crippen LogP contribution in [0.25, 0.3) is 32.6 Å². The van der Waals surface area contributed by atoms with Crippen molar-refractivity contribution in [2.45, 2.75) is 12.8 Å². The minimum absolute atomic E-state index is 0.109. The summed E-state index contributed by atoms with van der Waals surface area (Å²) in [7, 11) is 1.55. The van der Waals surface area contributed by atoms with Crippen LogP contribution in [0, 0.1) is 0 Å². The number of fused-ring (bicyclic) bond motifs is 1. The van der Waals surface area contributed by atoms with Crippen LogP contribution < -0.4 is 15.4 Å². The Morgan fingerprint density at radius 3 is 2.39 bits per heavy atom. The van der Waals surface area contributed by atoms with Gasteiger partial charge in [-0.2, -0.15) is 0 Å². The maximum Gasteiger partial charge on any atom is 0.323 e. The van der Waals surface area contributed by atoms with Crippen molar-refractivity contribution in [3.63, 3.8) is 0 Å². The Bertz CT molecular complexity index is 1600. The Hall–Kier alpha value is -4.76. The third-order valence-electron chi connectivity index (χ3n) is 6.02. The lowest BCUT2D eigenvalue weighted by Crippen LogP contribution is -2.19. The zero-order valence-corrected chi connectivity index (χ0v) is 21.3. The topological polar surface area (TPSA) is 113 Å². The number of carbonyl (C=O) groups excluding carboxylic acids is 1. The quantitative estimate of drug-likeness (QED) is 0.208. The number of aliphatic carboxylic acids is 1. The first kappa shape index (κ1) is 24.9. The second kappa shape index (κ2) is 11.1. The van der Waals surface area contributed by atoms with Crippen LogP contribution in [0.2, 0.25) is 0 Å². The number of thiophene rings is 1. The van der Waals surface area contributed by atoms with E-state index >= 15 is 0 Å². The van der Waals surface area contributed by atoms with Crippen molar-refractivity contribution in [3.05, 3.63) is 90.1 Å². The molecule has 3 N–H and O–H groups in total. The van der Waals surface area contributed by atoms with E-state index in [2.05, 4.69) is 26.0 Å². The van der Waals surface area contributed by atoms with Crippen molar-refractivity contribution < 1.29 is 19.4 Å². The van der Waals surface area contributed by atoms with Gasteiger partial charge in [0.15, 0.2) is 0 Å². The monoisotopic (exact) mass is 524 g/mol. The van der Waals surface area contributed by atoms with Gasteiger partial charge in [0.25, 0.3) is 0 Å². The fourth-order valence-corrected chi connectivity index (χ4v) is 5.15. The fourth-order valence-electron chi connectivity index (χ4n) is 4.11. The smallest absolute Gasteiger partial charge is 0.323 e. The number of nitrogens with one attached hydrogen (secondary N) is 2. The van der Waals surface area contributed by atoms with Crippen LogP contribution in [0.4, 0.5) is 16.2 Å². The maximum atomic E-state index is 12.5. The van der Waals surface area contributed by atoms with E-state index in [9.17, 15) is 9.59 Å². The van der Waals surface area contributed by atoms with Gasteiger partial charge in [0, 0.05) is 28.6 Å². The van der Waals surface area contributed by atoms with Gasteiger partial charge in [-0.15, -0.1) is 11.3 Å². The standard InChI is InChI=1S/C29H24N4O4S/c1-37-24-5-3-2-4-23(24)33-29(36)32-21-13-11-20(12-14-21)26-28-27(31-17-30-26)22(16-38-28)19-9-6-18(7-10-19)8-15-25(34)35/h2-7,9-14,16-17H,8,15H2,1H3,(H,34,35)(H2,32,33,36). The van der Waals surface area contributed by atoms with Gasteiger partial charge in [0.2, 0.25) is 0 Å². The van der Waals surface area contributed by atoms with Crippen molar-refractivity contribution in [2.75, 3.05) is 17.7 Å². The highest BCUT2D eigenvalue weighted by Gasteiger charge is 2.14. The molecule has 0 fully saturated rings. The number of para-hydroxylation sites is 2. The highest BCUT2D eigenvalue weighted by atomic mass is 32.1. The second-order valence-corrected chi connectivity index (χ2v) is 9.38. The molecule has 3 aromatic carbocycles. The van der Waals surface area contributed by atoms with Crippen LogP contribution in [0.3, 0.4) is 0 Å².